The third-order valence-corrected chi connectivity index (χ3v) is 5.11. The van der Waals surface area contributed by atoms with Gasteiger partial charge in [-0.25, -0.2) is 8.42 Å². The Morgan fingerprint density at radius 2 is 1.92 bits per heavy atom. The highest BCUT2D eigenvalue weighted by Crippen LogP contribution is 2.25. The molecule has 0 bridgehead atoms. The number of ketones is 1. The van der Waals surface area contributed by atoms with Crippen LogP contribution in [0.25, 0.3) is 0 Å². The molecule has 0 spiro atoms. The highest BCUT2D eigenvalue weighted by atomic mass is 32.2. The smallest absolute Gasteiger partial charge is 0.229 e. The molecule has 1 unspecified atom stereocenters. The highest BCUT2D eigenvalue weighted by Gasteiger charge is 2.20. The van der Waals surface area contributed by atoms with Gasteiger partial charge in [0.25, 0.3) is 0 Å². The molecule has 2 rings (SSSR count). The van der Waals surface area contributed by atoms with E-state index in [1.54, 1.807) is 24.3 Å². The van der Waals surface area contributed by atoms with Crippen LogP contribution in [0.15, 0.2) is 29.4 Å². The maximum absolute atomic E-state index is 12.5. The number of thioether (sulfide) groups is 1. The number of benzene rings is 1. The van der Waals surface area contributed by atoms with Crippen molar-refractivity contribution in [2.24, 2.45) is 7.05 Å². The van der Waals surface area contributed by atoms with Crippen LogP contribution >= 0.6 is 11.8 Å². The average Bonchev–Trinajstić information content (AvgIpc) is 2.86. The minimum Gasteiger partial charge on any atom is -0.309 e. The summed E-state index contributed by atoms with van der Waals surface area (Å²) in [5.41, 5.74) is 0.946. The summed E-state index contributed by atoms with van der Waals surface area (Å²) in [5.74, 6) is 0.820. The number of carbonyl (C=O) groups is 1. The number of hydrogen-bond donors (Lipinski definition) is 1. The Kier molecular flexibility index (Phi) is 5.66. The summed E-state index contributed by atoms with van der Waals surface area (Å²) in [6.45, 7) is 3.81. The summed E-state index contributed by atoms with van der Waals surface area (Å²) >= 11 is 1.35. The van der Waals surface area contributed by atoms with Crippen LogP contribution in [-0.4, -0.2) is 40.5 Å². The number of Topliss-reactive ketones (excluding diaryl/α,β-unsaturated/α-hetero) is 1. The topological polar surface area (TPSA) is 94.0 Å². The third-order valence-electron chi connectivity index (χ3n) is 3.37. The van der Waals surface area contributed by atoms with E-state index in [1.807, 2.05) is 25.5 Å². The molecule has 7 nitrogen and oxygen atoms in total. The summed E-state index contributed by atoms with van der Waals surface area (Å²) in [7, 11) is -1.45. The summed E-state index contributed by atoms with van der Waals surface area (Å²) in [6, 6.07) is 6.37. The van der Waals surface area contributed by atoms with E-state index in [0.717, 1.165) is 18.5 Å². The lowest BCUT2D eigenvalue weighted by molar-refractivity contribution is 0.0994. The van der Waals surface area contributed by atoms with E-state index in [2.05, 4.69) is 14.9 Å². The Morgan fingerprint density at radius 1 is 1.29 bits per heavy atom. The van der Waals surface area contributed by atoms with Crippen LogP contribution in [0.3, 0.4) is 0 Å². The molecule has 2 aromatic rings. The Labute approximate surface area is 145 Å². The number of sulfonamides is 1. The van der Waals surface area contributed by atoms with Crippen molar-refractivity contribution in [3.05, 3.63) is 35.7 Å². The number of carbonyl (C=O) groups excluding carboxylic acids is 1. The molecule has 0 saturated carbocycles. The number of nitrogens with one attached hydrogen (secondary N) is 1. The third kappa shape index (κ3) is 4.57. The van der Waals surface area contributed by atoms with Crippen LogP contribution in [0.5, 0.6) is 0 Å². The zero-order chi connectivity index (χ0) is 17.9. The molecule has 0 amide bonds. The van der Waals surface area contributed by atoms with E-state index >= 15 is 0 Å². The molecule has 0 aliphatic carbocycles. The number of rotatable bonds is 7. The van der Waals surface area contributed by atoms with Crippen LogP contribution < -0.4 is 4.72 Å². The summed E-state index contributed by atoms with van der Waals surface area (Å²) in [5, 5.41) is 8.55. The maximum Gasteiger partial charge on any atom is 0.229 e. The van der Waals surface area contributed by atoms with Gasteiger partial charge in [0.05, 0.1) is 11.5 Å². The predicted molar refractivity (Wildman–Crippen MR) is 94.9 cm³/mol. The average molecular weight is 368 g/mol. The fourth-order valence-electron chi connectivity index (χ4n) is 2.12. The normalized spacial score (nSPS) is 12.8. The minimum absolute atomic E-state index is 0.0491. The SMILES string of the molecule is CCc1nnc(SC(C)C(=O)c2ccc(NS(C)(=O)=O)cc2)n1C. The van der Waals surface area contributed by atoms with Crippen molar-refractivity contribution in [1.29, 1.82) is 0 Å². The molecular formula is C15H20N4O3S2. The first-order valence-electron chi connectivity index (χ1n) is 7.38. The van der Waals surface area contributed by atoms with E-state index in [-0.39, 0.29) is 11.0 Å². The molecular weight excluding hydrogens is 348 g/mol. The molecule has 1 heterocycles. The first kappa shape index (κ1) is 18.5. The van der Waals surface area contributed by atoms with Crippen LogP contribution in [0.1, 0.15) is 30.0 Å². The first-order valence-corrected chi connectivity index (χ1v) is 10.2. The molecule has 0 aliphatic heterocycles. The molecule has 9 heteroatoms. The van der Waals surface area contributed by atoms with Crippen LogP contribution in [0, 0.1) is 0 Å². The van der Waals surface area contributed by atoms with Crippen molar-refractivity contribution in [1.82, 2.24) is 14.8 Å². The van der Waals surface area contributed by atoms with Crippen LogP contribution in [0.2, 0.25) is 0 Å². The lowest BCUT2D eigenvalue weighted by Crippen LogP contribution is -2.15. The van der Waals surface area contributed by atoms with Gasteiger partial charge in [-0.2, -0.15) is 0 Å². The van der Waals surface area contributed by atoms with Crippen molar-refractivity contribution in [2.45, 2.75) is 30.7 Å². The Morgan fingerprint density at radius 3 is 2.42 bits per heavy atom. The van der Waals surface area contributed by atoms with Gasteiger partial charge in [0, 0.05) is 24.7 Å². The lowest BCUT2D eigenvalue weighted by Gasteiger charge is -2.11. The van der Waals surface area contributed by atoms with E-state index in [1.165, 1.54) is 11.8 Å². The molecule has 1 aromatic heterocycles. The van der Waals surface area contributed by atoms with Crippen molar-refractivity contribution in [3.8, 4) is 0 Å². The molecule has 0 radical (unpaired) electrons. The quantitative estimate of drug-likeness (QED) is 0.594. The monoisotopic (exact) mass is 368 g/mol. The van der Waals surface area contributed by atoms with E-state index in [9.17, 15) is 13.2 Å². The highest BCUT2D eigenvalue weighted by molar-refractivity contribution is 8.00. The summed E-state index contributed by atoms with van der Waals surface area (Å²) in [6.07, 6.45) is 1.86. The summed E-state index contributed by atoms with van der Waals surface area (Å²) < 4.78 is 26.6. The molecule has 0 aliphatic rings. The lowest BCUT2D eigenvalue weighted by atomic mass is 10.1. The molecule has 1 atom stereocenters. The number of anilines is 1. The van der Waals surface area contributed by atoms with Gasteiger partial charge in [-0.1, -0.05) is 18.7 Å². The predicted octanol–water partition coefficient (Wildman–Crippen LogP) is 2.11. The second-order valence-electron chi connectivity index (χ2n) is 5.39. The molecule has 130 valence electrons. The van der Waals surface area contributed by atoms with Crippen molar-refractivity contribution < 1.29 is 13.2 Å². The van der Waals surface area contributed by atoms with Gasteiger partial charge in [0.15, 0.2) is 10.9 Å². The maximum atomic E-state index is 12.5. The minimum atomic E-state index is -3.33. The summed E-state index contributed by atoms with van der Waals surface area (Å²) in [4.78, 5) is 12.5. The van der Waals surface area contributed by atoms with Gasteiger partial charge in [0.2, 0.25) is 10.0 Å². The van der Waals surface area contributed by atoms with Crippen LogP contribution in [0.4, 0.5) is 5.69 Å². The zero-order valence-electron chi connectivity index (χ0n) is 14.0. The van der Waals surface area contributed by atoms with E-state index in [0.29, 0.717) is 16.4 Å². The number of aromatic nitrogens is 3. The number of aryl methyl sites for hydroxylation is 1. The molecule has 1 aromatic carbocycles. The van der Waals surface area contributed by atoms with Crippen LogP contribution in [-0.2, 0) is 23.5 Å². The van der Waals surface area contributed by atoms with E-state index in [4.69, 9.17) is 0 Å². The van der Waals surface area contributed by atoms with Crippen molar-refractivity contribution in [2.75, 3.05) is 11.0 Å². The Balaban J connectivity index is 2.08. The van der Waals surface area contributed by atoms with Crippen molar-refractivity contribution >= 4 is 33.3 Å². The zero-order valence-corrected chi connectivity index (χ0v) is 15.6. The largest absolute Gasteiger partial charge is 0.309 e. The number of hydrogen-bond acceptors (Lipinski definition) is 6. The van der Waals surface area contributed by atoms with Gasteiger partial charge in [-0.05, 0) is 31.2 Å². The molecule has 1 N–H and O–H groups in total. The molecule has 0 fully saturated rings. The Bertz CT molecular complexity index is 829. The fraction of sp³-hybridized carbons (Fsp3) is 0.400. The standard InChI is InChI=1S/C15H20N4O3S2/c1-5-13-16-17-15(19(13)3)23-10(2)14(20)11-6-8-12(9-7-11)18-24(4,21)22/h6-10,18H,5H2,1-4H3. The van der Waals surface area contributed by atoms with Gasteiger partial charge < -0.3 is 4.57 Å². The van der Waals surface area contributed by atoms with Crippen molar-refractivity contribution in [3.63, 3.8) is 0 Å². The van der Waals surface area contributed by atoms with Gasteiger partial charge >= 0.3 is 0 Å². The van der Waals surface area contributed by atoms with Gasteiger partial charge in [0.1, 0.15) is 5.82 Å². The fourth-order valence-corrected chi connectivity index (χ4v) is 3.59. The van der Waals surface area contributed by atoms with E-state index < -0.39 is 10.0 Å². The second-order valence-corrected chi connectivity index (χ2v) is 8.44. The van der Waals surface area contributed by atoms with Gasteiger partial charge in [-0.15, -0.1) is 10.2 Å². The Hall–Kier alpha value is -1.87. The molecule has 0 saturated heterocycles. The first-order chi connectivity index (χ1) is 11.2. The van der Waals surface area contributed by atoms with Gasteiger partial charge in [-0.3, -0.25) is 9.52 Å². The number of nitrogens with zero attached hydrogens (tertiary/aromatic N) is 3. The molecule has 24 heavy (non-hydrogen) atoms. The second kappa shape index (κ2) is 7.35.